The molecule has 0 saturated carbocycles. The van der Waals surface area contributed by atoms with Gasteiger partial charge >= 0.3 is 12.1 Å². The van der Waals surface area contributed by atoms with Crippen LogP contribution in [-0.2, 0) is 22.4 Å². The van der Waals surface area contributed by atoms with E-state index in [9.17, 15) is 22.8 Å². The number of esters is 1. The Morgan fingerprint density at radius 2 is 2.06 bits per heavy atom. The van der Waals surface area contributed by atoms with Gasteiger partial charge in [0.2, 0.25) is 0 Å². The Kier molecular flexibility index (Phi) is 7.78. The number of carbonyl (C=O) groups is 2. The van der Waals surface area contributed by atoms with Crippen LogP contribution >= 0.6 is 0 Å². The number of hydrogen-bond acceptors (Lipinski definition) is 6. The topological polar surface area (TPSA) is 80.8 Å². The molecule has 178 valence electrons. The lowest BCUT2D eigenvalue weighted by Gasteiger charge is -2.25. The number of benzene rings is 1. The normalized spacial score (nSPS) is 16.1. The van der Waals surface area contributed by atoms with E-state index in [4.69, 9.17) is 4.74 Å². The van der Waals surface area contributed by atoms with Crippen molar-refractivity contribution in [1.82, 2.24) is 9.88 Å². The largest absolute Gasteiger partial charge is 0.493 e. The molecule has 33 heavy (non-hydrogen) atoms. The van der Waals surface area contributed by atoms with Gasteiger partial charge in [0.15, 0.2) is 0 Å². The number of ether oxygens (including phenoxy) is 2. The lowest BCUT2D eigenvalue weighted by atomic mass is 9.94. The molecule has 0 spiro atoms. The molecule has 7 nitrogen and oxygen atoms in total. The van der Waals surface area contributed by atoms with E-state index >= 15 is 0 Å². The number of methoxy groups -OCH3 is 1. The van der Waals surface area contributed by atoms with E-state index in [1.807, 2.05) is 18.2 Å². The number of carbonyl (C=O) groups excluding carboxylic acids is 2. The smallest absolute Gasteiger partial charge is 0.406 e. The van der Waals surface area contributed by atoms with Gasteiger partial charge in [0.1, 0.15) is 18.1 Å². The first-order chi connectivity index (χ1) is 15.7. The van der Waals surface area contributed by atoms with E-state index in [1.165, 1.54) is 13.2 Å². The maximum Gasteiger partial charge on any atom is 0.406 e. The Labute approximate surface area is 189 Å². The molecule has 0 radical (unpaired) electrons. The maximum absolute atomic E-state index is 13.1. The molecule has 10 heteroatoms. The molecule has 0 fully saturated rings. The minimum absolute atomic E-state index is 0.0749. The van der Waals surface area contributed by atoms with E-state index in [-0.39, 0.29) is 31.6 Å². The fourth-order valence-corrected chi connectivity index (χ4v) is 3.80. The number of anilines is 1. The summed E-state index contributed by atoms with van der Waals surface area (Å²) >= 11 is 0. The predicted octanol–water partition coefficient (Wildman–Crippen LogP) is 3.48. The first kappa shape index (κ1) is 24.3. The number of hydrogen-bond donors (Lipinski definition) is 1. The molecule has 1 aromatic heterocycles. The van der Waals surface area contributed by atoms with Gasteiger partial charge in [0, 0.05) is 31.3 Å². The van der Waals surface area contributed by atoms with Gasteiger partial charge in [-0.1, -0.05) is 12.1 Å². The minimum Gasteiger partial charge on any atom is -0.493 e. The fourth-order valence-electron chi connectivity index (χ4n) is 3.80. The van der Waals surface area contributed by atoms with Crippen LogP contribution in [0.3, 0.4) is 0 Å². The number of aromatic nitrogens is 1. The third-order valence-electron chi connectivity index (χ3n) is 5.33. The van der Waals surface area contributed by atoms with Crippen LogP contribution in [0.25, 0.3) is 0 Å². The van der Waals surface area contributed by atoms with Crippen LogP contribution in [0.15, 0.2) is 36.4 Å². The van der Waals surface area contributed by atoms with Gasteiger partial charge in [-0.05, 0) is 42.2 Å². The van der Waals surface area contributed by atoms with Crippen molar-refractivity contribution in [2.24, 2.45) is 5.92 Å². The van der Waals surface area contributed by atoms with Gasteiger partial charge in [-0.25, -0.2) is 4.98 Å². The maximum atomic E-state index is 13.1. The van der Waals surface area contributed by atoms with Crippen molar-refractivity contribution < 1.29 is 32.2 Å². The Bertz CT molecular complexity index is 997. The highest BCUT2D eigenvalue weighted by atomic mass is 19.4. The molecule has 3 rings (SSSR count). The molecule has 1 N–H and O–H groups in total. The lowest BCUT2D eigenvalue weighted by molar-refractivity contribution is -0.144. The highest BCUT2D eigenvalue weighted by molar-refractivity contribution is 5.96. The van der Waals surface area contributed by atoms with E-state index < -0.39 is 30.5 Å². The first-order valence-corrected chi connectivity index (χ1v) is 10.5. The van der Waals surface area contributed by atoms with Gasteiger partial charge in [0.25, 0.3) is 5.91 Å². The summed E-state index contributed by atoms with van der Waals surface area (Å²) in [7, 11) is 2.99. The molecule has 1 aromatic carbocycles. The van der Waals surface area contributed by atoms with Crippen LogP contribution < -0.4 is 10.1 Å². The van der Waals surface area contributed by atoms with E-state index in [0.717, 1.165) is 16.4 Å². The molecule has 2 aromatic rings. The Morgan fingerprint density at radius 1 is 1.27 bits per heavy atom. The van der Waals surface area contributed by atoms with Gasteiger partial charge in [-0.2, -0.15) is 13.2 Å². The lowest BCUT2D eigenvalue weighted by Crippen LogP contribution is -2.41. The van der Waals surface area contributed by atoms with Crippen molar-refractivity contribution in [2.75, 3.05) is 39.2 Å². The van der Waals surface area contributed by atoms with Gasteiger partial charge in [-0.15, -0.1) is 0 Å². The molecule has 1 aliphatic rings. The Morgan fingerprint density at radius 3 is 2.76 bits per heavy atom. The van der Waals surface area contributed by atoms with Crippen LogP contribution in [0.2, 0.25) is 0 Å². The Balaban J connectivity index is 1.77. The van der Waals surface area contributed by atoms with Crippen LogP contribution in [0, 0.1) is 5.92 Å². The second-order valence-electron chi connectivity index (χ2n) is 7.83. The van der Waals surface area contributed by atoms with Crippen molar-refractivity contribution in [3.63, 3.8) is 0 Å². The molecule has 0 aliphatic carbocycles. The highest BCUT2D eigenvalue weighted by Crippen LogP contribution is 2.29. The summed E-state index contributed by atoms with van der Waals surface area (Å²) in [6.45, 7) is -1.29. The zero-order chi connectivity index (χ0) is 24.0. The number of amides is 1. The summed E-state index contributed by atoms with van der Waals surface area (Å²) in [6.07, 6.45) is -3.83. The Hall–Kier alpha value is -3.30. The summed E-state index contributed by atoms with van der Waals surface area (Å²) in [6, 6.07) is 10.4. The molecule has 2 heterocycles. The zero-order valence-corrected chi connectivity index (χ0v) is 18.4. The number of rotatable bonds is 8. The number of nitrogens with one attached hydrogen (secondary N) is 1. The van der Waals surface area contributed by atoms with Gasteiger partial charge in [0.05, 0.1) is 20.1 Å². The number of nitrogens with zero attached hydrogens (tertiary/aromatic N) is 2. The van der Waals surface area contributed by atoms with Crippen LogP contribution in [0.1, 0.15) is 28.0 Å². The van der Waals surface area contributed by atoms with Crippen molar-refractivity contribution in [2.45, 2.75) is 25.4 Å². The number of halogens is 3. The van der Waals surface area contributed by atoms with Crippen molar-refractivity contribution in [3.8, 4) is 5.75 Å². The standard InChI is InChI=1S/C23H26F3N3O4/c1-27-20-5-3-4-17(28-20)8-9-33-18-7-6-16-10-15(11-21(30)32-2)13-29(14-23(24,25)26)22(31)19(16)12-18/h3-7,12,15H,8-11,13-14H2,1-2H3,(H,27,28)/t15-/m0/s1. The summed E-state index contributed by atoms with van der Waals surface area (Å²) < 4.78 is 49.8. The zero-order valence-electron chi connectivity index (χ0n) is 18.4. The van der Waals surface area contributed by atoms with Crippen molar-refractivity contribution in [1.29, 1.82) is 0 Å². The van der Waals surface area contributed by atoms with Crippen molar-refractivity contribution in [3.05, 3.63) is 53.2 Å². The van der Waals surface area contributed by atoms with Gasteiger partial charge < -0.3 is 19.7 Å². The second-order valence-corrected chi connectivity index (χ2v) is 7.83. The molecule has 1 aliphatic heterocycles. The molecule has 1 atom stereocenters. The van der Waals surface area contributed by atoms with Crippen LogP contribution in [0.4, 0.5) is 19.0 Å². The predicted molar refractivity (Wildman–Crippen MR) is 115 cm³/mol. The average molecular weight is 465 g/mol. The third kappa shape index (κ3) is 6.84. The number of alkyl halides is 3. The molecular weight excluding hydrogens is 439 g/mol. The summed E-state index contributed by atoms with van der Waals surface area (Å²) in [4.78, 5) is 29.9. The van der Waals surface area contributed by atoms with Crippen molar-refractivity contribution >= 4 is 17.7 Å². The van der Waals surface area contributed by atoms with E-state index in [1.54, 1.807) is 19.2 Å². The van der Waals surface area contributed by atoms with E-state index in [0.29, 0.717) is 17.7 Å². The van der Waals surface area contributed by atoms with Crippen LogP contribution in [0.5, 0.6) is 5.75 Å². The molecule has 0 unspecified atom stereocenters. The summed E-state index contributed by atoms with van der Waals surface area (Å²) in [5, 5.41) is 2.96. The fraction of sp³-hybridized carbons (Fsp3) is 0.435. The molecular formula is C23H26F3N3O4. The molecule has 0 saturated heterocycles. The monoisotopic (exact) mass is 465 g/mol. The van der Waals surface area contributed by atoms with Gasteiger partial charge in [-0.3, -0.25) is 9.59 Å². The SMILES string of the molecule is CNc1cccc(CCOc2ccc3c(c2)C(=O)N(CC(F)(F)F)C[C@H](CC(=O)OC)C3)n1. The molecule has 0 bridgehead atoms. The number of fused-ring (bicyclic) bond motifs is 1. The average Bonchev–Trinajstić information content (AvgIpc) is 2.89. The minimum atomic E-state index is -4.56. The summed E-state index contributed by atoms with van der Waals surface area (Å²) in [5.74, 6) is -0.635. The molecule has 1 amide bonds. The number of pyridine rings is 1. The highest BCUT2D eigenvalue weighted by Gasteiger charge is 2.37. The summed E-state index contributed by atoms with van der Waals surface area (Å²) in [5.41, 5.74) is 1.54. The van der Waals surface area contributed by atoms with Crippen LogP contribution in [-0.4, -0.2) is 61.8 Å². The first-order valence-electron chi connectivity index (χ1n) is 10.5. The third-order valence-corrected chi connectivity index (χ3v) is 5.33. The van der Waals surface area contributed by atoms with E-state index in [2.05, 4.69) is 15.0 Å². The quantitative estimate of drug-likeness (QED) is 0.602. The second kappa shape index (κ2) is 10.5.